The molecule has 11 nitrogen and oxygen atoms in total. The lowest BCUT2D eigenvalue weighted by molar-refractivity contribution is -0.303. The largest absolute Gasteiger partial charge is 0.394 e. The molecule has 0 aromatic rings. The maximum Gasteiger partial charge on any atom is 0.249 e. The topological polar surface area (TPSA) is 189 Å². The molecule has 1 saturated heterocycles. The number of rotatable bonds is 39. The highest BCUT2D eigenvalue weighted by atomic mass is 16.7. The molecule has 11 heteroatoms. The van der Waals surface area contributed by atoms with Gasteiger partial charge in [-0.2, -0.15) is 0 Å². The number of hydrogen-bond donors (Lipinski definition) is 8. The van der Waals surface area contributed by atoms with Crippen molar-refractivity contribution in [1.82, 2.24) is 5.32 Å². The minimum absolute atomic E-state index is 0.248. The Bertz CT molecular complexity index is 997. The van der Waals surface area contributed by atoms with Crippen LogP contribution in [0.25, 0.3) is 0 Å². The first-order valence-corrected chi connectivity index (χ1v) is 23.7. The summed E-state index contributed by atoms with van der Waals surface area (Å²) in [6.45, 7) is 3.41. The number of allylic oxidation sites excluding steroid dienone is 4. The minimum Gasteiger partial charge on any atom is -0.394 e. The maximum absolute atomic E-state index is 13.1. The fourth-order valence-corrected chi connectivity index (χ4v) is 7.52. The van der Waals surface area contributed by atoms with Crippen molar-refractivity contribution in [3.05, 3.63) is 24.3 Å². The van der Waals surface area contributed by atoms with E-state index >= 15 is 0 Å². The molecule has 58 heavy (non-hydrogen) atoms. The smallest absolute Gasteiger partial charge is 0.249 e. The highest BCUT2D eigenvalue weighted by Crippen LogP contribution is 2.23. The molecule has 0 bridgehead atoms. The van der Waals surface area contributed by atoms with Gasteiger partial charge in [-0.25, -0.2) is 0 Å². The molecule has 0 aliphatic carbocycles. The summed E-state index contributed by atoms with van der Waals surface area (Å²) in [4.78, 5) is 13.1. The van der Waals surface area contributed by atoms with Crippen LogP contribution in [0.5, 0.6) is 0 Å². The quantitative estimate of drug-likeness (QED) is 0.0224. The van der Waals surface area contributed by atoms with E-state index in [9.17, 15) is 40.5 Å². The van der Waals surface area contributed by atoms with Gasteiger partial charge >= 0.3 is 0 Å². The van der Waals surface area contributed by atoms with E-state index in [1.54, 1.807) is 0 Å². The third-order valence-corrected chi connectivity index (χ3v) is 11.5. The van der Waals surface area contributed by atoms with Crippen molar-refractivity contribution in [2.24, 2.45) is 0 Å². The van der Waals surface area contributed by atoms with Gasteiger partial charge in [0.2, 0.25) is 5.91 Å². The Morgan fingerprint density at radius 1 is 0.586 bits per heavy atom. The Balaban J connectivity index is 2.47. The van der Waals surface area contributed by atoms with Gasteiger partial charge in [0.05, 0.1) is 25.4 Å². The highest BCUT2D eigenvalue weighted by Gasteiger charge is 2.44. The van der Waals surface area contributed by atoms with Gasteiger partial charge in [-0.3, -0.25) is 4.79 Å². The first kappa shape index (κ1) is 54.6. The predicted octanol–water partition coefficient (Wildman–Crippen LogP) is 7.84. The number of aliphatic hydroxyl groups excluding tert-OH is 7. The summed E-state index contributed by atoms with van der Waals surface area (Å²) < 4.78 is 11.1. The molecule has 9 unspecified atom stereocenters. The second-order valence-corrected chi connectivity index (χ2v) is 16.8. The third-order valence-electron chi connectivity index (χ3n) is 11.5. The van der Waals surface area contributed by atoms with Crippen LogP contribution in [-0.4, -0.2) is 110 Å². The standard InChI is InChI=1S/C47H89NO10/c1-3-5-7-9-11-13-15-17-18-19-20-21-22-23-25-26-28-30-32-34-39(50)42(52)38(37-57-47-45(55)44(54)43(53)41(36-49)58-47)48-46(56)40(51)35-33-31-29-27-24-16-14-12-10-8-6-4-2/h21-22,26,28,38-45,47,49-55H,3-20,23-25,27,29-37H2,1-2H3,(H,48,56)/b22-21+,28-26+. The molecule has 0 radical (unpaired) electrons. The number of hydrogen-bond acceptors (Lipinski definition) is 10. The maximum atomic E-state index is 13.1. The molecule has 1 amide bonds. The molecule has 1 rings (SSSR count). The minimum atomic E-state index is -1.67. The average Bonchev–Trinajstić information content (AvgIpc) is 3.22. The van der Waals surface area contributed by atoms with Crippen molar-refractivity contribution >= 4 is 5.91 Å². The van der Waals surface area contributed by atoms with E-state index in [0.29, 0.717) is 19.3 Å². The second kappa shape index (κ2) is 37.4. The van der Waals surface area contributed by atoms with E-state index < -0.39 is 74.2 Å². The van der Waals surface area contributed by atoms with Gasteiger partial charge in [0, 0.05) is 0 Å². The van der Waals surface area contributed by atoms with Crippen LogP contribution in [0.3, 0.4) is 0 Å². The second-order valence-electron chi connectivity index (χ2n) is 16.8. The molecule has 1 aliphatic rings. The molecule has 0 saturated carbocycles. The molecule has 0 aromatic carbocycles. The first-order chi connectivity index (χ1) is 28.2. The van der Waals surface area contributed by atoms with Crippen molar-refractivity contribution in [2.45, 2.75) is 255 Å². The normalized spacial score (nSPS) is 22.1. The van der Waals surface area contributed by atoms with Gasteiger partial charge in [0.25, 0.3) is 0 Å². The van der Waals surface area contributed by atoms with E-state index in [1.807, 2.05) is 0 Å². The number of aliphatic hydroxyl groups is 7. The van der Waals surface area contributed by atoms with E-state index in [1.165, 1.54) is 116 Å². The summed E-state index contributed by atoms with van der Waals surface area (Å²) in [5.74, 6) is -0.711. The van der Waals surface area contributed by atoms with E-state index in [4.69, 9.17) is 9.47 Å². The Kier molecular flexibility index (Phi) is 35.2. The highest BCUT2D eigenvalue weighted by molar-refractivity contribution is 5.80. The van der Waals surface area contributed by atoms with Gasteiger partial charge in [0.15, 0.2) is 6.29 Å². The summed E-state index contributed by atoms with van der Waals surface area (Å²) >= 11 is 0. The van der Waals surface area contributed by atoms with Gasteiger partial charge in [-0.15, -0.1) is 0 Å². The van der Waals surface area contributed by atoms with Crippen LogP contribution in [-0.2, 0) is 14.3 Å². The molecular weight excluding hydrogens is 739 g/mol. The number of ether oxygens (including phenoxy) is 2. The number of nitrogens with one attached hydrogen (secondary N) is 1. The zero-order valence-electron chi connectivity index (χ0n) is 36.8. The number of amides is 1. The number of unbranched alkanes of at least 4 members (excludes halogenated alkanes) is 23. The lowest BCUT2D eigenvalue weighted by Crippen LogP contribution is -2.60. The first-order valence-electron chi connectivity index (χ1n) is 23.7. The lowest BCUT2D eigenvalue weighted by atomic mass is 9.98. The molecule has 1 fully saturated rings. The summed E-state index contributed by atoms with van der Waals surface area (Å²) in [6, 6.07) is -1.19. The van der Waals surface area contributed by atoms with Crippen LogP contribution in [0.1, 0.15) is 200 Å². The molecule has 342 valence electrons. The molecule has 1 aliphatic heterocycles. The zero-order chi connectivity index (χ0) is 42.6. The van der Waals surface area contributed by atoms with E-state index in [0.717, 1.165) is 38.5 Å². The van der Waals surface area contributed by atoms with Crippen molar-refractivity contribution in [3.63, 3.8) is 0 Å². The van der Waals surface area contributed by atoms with Gasteiger partial charge in [-0.1, -0.05) is 173 Å². The predicted molar refractivity (Wildman–Crippen MR) is 233 cm³/mol. The van der Waals surface area contributed by atoms with Crippen molar-refractivity contribution < 1.29 is 50.0 Å². The summed E-state index contributed by atoms with van der Waals surface area (Å²) in [6.07, 6.45) is 29.4. The number of carbonyl (C=O) groups excluding carboxylic acids is 1. The Labute approximate surface area is 353 Å². The lowest BCUT2D eigenvalue weighted by Gasteiger charge is -2.40. The van der Waals surface area contributed by atoms with E-state index in [2.05, 4.69) is 43.5 Å². The SMILES string of the molecule is CCCCCCCCCCCC/C=C/CC/C=C/CCCC(O)C(O)C(COC1OC(CO)C(O)C(O)C1O)NC(=O)C(O)CCCCCCCCCCCCCC. The van der Waals surface area contributed by atoms with Crippen LogP contribution in [0.15, 0.2) is 24.3 Å². The zero-order valence-corrected chi connectivity index (χ0v) is 36.8. The fraction of sp³-hybridized carbons (Fsp3) is 0.894. The van der Waals surface area contributed by atoms with Gasteiger partial charge < -0.3 is 50.5 Å². The van der Waals surface area contributed by atoms with Gasteiger partial charge in [-0.05, 0) is 51.4 Å². The van der Waals surface area contributed by atoms with E-state index in [-0.39, 0.29) is 12.8 Å². The van der Waals surface area contributed by atoms with Crippen molar-refractivity contribution in [3.8, 4) is 0 Å². The fourth-order valence-electron chi connectivity index (χ4n) is 7.52. The molecule has 8 N–H and O–H groups in total. The molecule has 0 spiro atoms. The average molecular weight is 828 g/mol. The molecule has 0 aromatic heterocycles. The van der Waals surface area contributed by atoms with Crippen LogP contribution in [0, 0.1) is 0 Å². The van der Waals surface area contributed by atoms with Gasteiger partial charge in [0.1, 0.15) is 36.6 Å². The van der Waals surface area contributed by atoms with Crippen molar-refractivity contribution in [2.75, 3.05) is 13.2 Å². The van der Waals surface area contributed by atoms with Crippen LogP contribution in [0.2, 0.25) is 0 Å². The summed E-state index contributed by atoms with van der Waals surface area (Å²) in [7, 11) is 0. The van der Waals surface area contributed by atoms with Crippen molar-refractivity contribution in [1.29, 1.82) is 0 Å². The van der Waals surface area contributed by atoms with Crippen LogP contribution in [0.4, 0.5) is 0 Å². The molecular formula is C47H89NO10. The van der Waals surface area contributed by atoms with Crippen LogP contribution < -0.4 is 5.32 Å². The summed E-state index contributed by atoms with van der Waals surface area (Å²) in [5.41, 5.74) is 0. The summed E-state index contributed by atoms with van der Waals surface area (Å²) in [5, 5.41) is 75.6. The Morgan fingerprint density at radius 3 is 1.53 bits per heavy atom. The molecule has 1 heterocycles. The Morgan fingerprint density at radius 2 is 1.03 bits per heavy atom. The monoisotopic (exact) mass is 828 g/mol. The number of carbonyl (C=O) groups is 1. The Hall–Kier alpha value is -1.41. The van der Waals surface area contributed by atoms with Crippen LogP contribution >= 0.6 is 0 Å². The third kappa shape index (κ3) is 26.7. The molecule has 9 atom stereocenters.